The first kappa shape index (κ1) is 21.2. The molecule has 7 nitrogen and oxygen atoms in total. The number of rotatable bonds is 6. The summed E-state index contributed by atoms with van der Waals surface area (Å²) in [6.45, 7) is 0. The Morgan fingerprint density at radius 2 is 1.70 bits per heavy atom. The van der Waals surface area contributed by atoms with Gasteiger partial charge < -0.3 is 9.47 Å². The molecule has 0 unspecified atom stereocenters. The van der Waals surface area contributed by atoms with E-state index in [9.17, 15) is 21.6 Å². The second-order valence-corrected chi connectivity index (χ2v) is 7.68. The van der Waals surface area contributed by atoms with Gasteiger partial charge in [0.25, 0.3) is 5.88 Å². The van der Waals surface area contributed by atoms with Crippen molar-refractivity contribution >= 4 is 21.6 Å². The highest BCUT2D eigenvalue weighted by molar-refractivity contribution is 7.89. The third kappa shape index (κ3) is 4.42. The molecule has 0 bridgehead atoms. The second kappa shape index (κ2) is 7.87. The fourth-order valence-corrected chi connectivity index (χ4v) is 3.87. The standard InChI is InChI=1S/C15H15ClF3N3O4S/c1-22(13(15(17,18)19)9-4-6-10(16)7-5-9)27(23,24)11-8-12(25-2)20-21-14(11)26-3/h4-8,13H,1-3H3/t13-/m1/s1. The Bertz CT molecular complexity index is 908. The van der Waals surface area contributed by atoms with Crippen molar-refractivity contribution in [2.24, 2.45) is 0 Å². The van der Waals surface area contributed by atoms with Crippen molar-refractivity contribution in [3.63, 3.8) is 0 Å². The van der Waals surface area contributed by atoms with Gasteiger partial charge in [0.15, 0.2) is 4.90 Å². The minimum absolute atomic E-state index is 0.190. The fourth-order valence-electron chi connectivity index (χ4n) is 2.32. The summed E-state index contributed by atoms with van der Waals surface area (Å²) >= 11 is 5.71. The van der Waals surface area contributed by atoms with Crippen molar-refractivity contribution in [3.8, 4) is 11.8 Å². The highest BCUT2D eigenvalue weighted by Gasteiger charge is 2.48. The summed E-state index contributed by atoms with van der Waals surface area (Å²) < 4.78 is 76.8. The van der Waals surface area contributed by atoms with Crippen LogP contribution in [-0.2, 0) is 10.0 Å². The first-order valence-corrected chi connectivity index (χ1v) is 9.10. The third-order valence-corrected chi connectivity index (χ3v) is 5.69. The molecule has 0 saturated carbocycles. The molecule has 0 radical (unpaired) electrons. The van der Waals surface area contributed by atoms with E-state index < -0.39 is 33.0 Å². The molecule has 0 N–H and O–H groups in total. The van der Waals surface area contributed by atoms with Crippen LogP contribution in [0, 0.1) is 0 Å². The van der Waals surface area contributed by atoms with E-state index in [0.29, 0.717) is 0 Å². The summed E-state index contributed by atoms with van der Waals surface area (Å²) in [5.41, 5.74) is -0.300. The molecule has 0 aliphatic carbocycles. The molecule has 2 aromatic rings. The fraction of sp³-hybridized carbons (Fsp3) is 0.333. The van der Waals surface area contributed by atoms with E-state index in [-0.39, 0.29) is 20.8 Å². The summed E-state index contributed by atoms with van der Waals surface area (Å²) in [6.07, 6.45) is -4.90. The lowest BCUT2D eigenvalue weighted by atomic mass is 10.1. The molecule has 0 aliphatic rings. The van der Waals surface area contributed by atoms with E-state index >= 15 is 0 Å². The highest BCUT2D eigenvalue weighted by Crippen LogP contribution is 2.41. The Balaban J connectivity index is 2.60. The van der Waals surface area contributed by atoms with Gasteiger partial charge in [-0.15, -0.1) is 10.2 Å². The lowest BCUT2D eigenvalue weighted by Crippen LogP contribution is -2.40. The van der Waals surface area contributed by atoms with E-state index in [2.05, 4.69) is 10.2 Å². The van der Waals surface area contributed by atoms with Crippen molar-refractivity contribution in [2.45, 2.75) is 17.1 Å². The number of methoxy groups -OCH3 is 2. The molecule has 0 fully saturated rings. The lowest BCUT2D eigenvalue weighted by Gasteiger charge is -2.29. The quantitative estimate of drug-likeness (QED) is 0.707. The van der Waals surface area contributed by atoms with Crippen molar-refractivity contribution < 1.29 is 31.1 Å². The molecular formula is C15H15ClF3N3O4S. The van der Waals surface area contributed by atoms with Gasteiger partial charge in [0.2, 0.25) is 15.9 Å². The van der Waals surface area contributed by atoms with Gasteiger partial charge in [-0.05, 0) is 17.7 Å². The molecular weight excluding hydrogens is 411 g/mol. The topological polar surface area (TPSA) is 81.6 Å². The predicted molar refractivity (Wildman–Crippen MR) is 90.3 cm³/mol. The van der Waals surface area contributed by atoms with E-state index in [1.54, 1.807) is 0 Å². The van der Waals surface area contributed by atoms with Crippen LogP contribution < -0.4 is 9.47 Å². The van der Waals surface area contributed by atoms with Crippen LogP contribution in [0.25, 0.3) is 0 Å². The van der Waals surface area contributed by atoms with E-state index in [4.69, 9.17) is 21.1 Å². The average Bonchev–Trinajstić information content (AvgIpc) is 2.61. The average molecular weight is 426 g/mol. The van der Waals surface area contributed by atoms with Crippen molar-refractivity contribution in [1.29, 1.82) is 0 Å². The van der Waals surface area contributed by atoms with E-state index in [1.807, 2.05) is 0 Å². The van der Waals surface area contributed by atoms with Gasteiger partial charge in [0, 0.05) is 18.1 Å². The highest BCUT2D eigenvalue weighted by atomic mass is 35.5. The number of hydrogen-bond acceptors (Lipinski definition) is 6. The van der Waals surface area contributed by atoms with E-state index in [1.165, 1.54) is 19.2 Å². The number of aromatic nitrogens is 2. The van der Waals surface area contributed by atoms with Gasteiger partial charge in [-0.1, -0.05) is 23.7 Å². The number of hydrogen-bond donors (Lipinski definition) is 0. The van der Waals surface area contributed by atoms with Gasteiger partial charge in [-0.3, -0.25) is 0 Å². The molecule has 0 spiro atoms. The Hall–Kier alpha value is -2.11. The van der Waals surface area contributed by atoms with Gasteiger partial charge in [0.1, 0.15) is 6.04 Å². The summed E-state index contributed by atoms with van der Waals surface area (Å²) in [7, 11) is -1.54. The summed E-state index contributed by atoms with van der Waals surface area (Å²) in [5.74, 6) is -0.655. The first-order valence-electron chi connectivity index (χ1n) is 7.28. The molecule has 0 aliphatic heterocycles. The largest absolute Gasteiger partial charge is 0.480 e. The van der Waals surface area contributed by atoms with Gasteiger partial charge in [-0.2, -0.15) is 17.5 Å². The van der Waals surface area contributed by atoms with Crippen LogP contribution in [0.2, 0.25) is 5.02 Å². The molecule has 1 heterocycles. The van der Waals surface area contributed by atoms with Crippen LogP contribution in [0.3, 0.4) is 0 Å². The maximum Gasteiger partial charge on any atom is 0.409 e. The molecule has 0 saturated heterocycles. The third-order valence-electron chi connectivity index (χ3n) is 3.62. The summed E-state index contributed by atoms with van der Waals surface area (Å²) in [4.78, 5) is -0.609. The molecule has 27 heavy (non-hydrogen) atoms. The number of sulfonamides is 1. The molecule has 1 aromatic carbocycles. The Labute approximate surface area is 158 Å². The van der Waals surface area contributed by atoms with Crippen LogP contribution in [-0.4, -0.2) is 50.4 Å². The zero-order chi connectivity index (χ0) is 20.4. The number of halogens is 4. The van der Waals surface area contributed by atoms with Gasteiger partial charge in [0.05, 0.1) is 14.2 Å². The molecule has 12 heteroatoms. The second-order valence-electron chi connectivity index (χ2n) is 5.28. The monoisotopic (exact) mass is 425 g/mol. The molecule has 1 aromatic heterocycles. The van der Waals surface area contributed by atoms with Crippen molar-refractivity contribution in [2.75, 3.05) is 21.3 Å². The smallest absolute Gasteiger partial charge is 0.409 e. The first-order chi connectivity index (χ1) is 12.5. The normalized spacial score (nSPS) is 13.5. The molecule has 1 atom stereocenters. The number of alkyl halides is 3. The zero-order valence-corrected chi connectivity index (χ0v) is 15.9. The van der Waals surface area contributed by atoms with Gasteiger partial charge >= 0.3 is 6.18 Å². The Kier molecular flexibility index (Phi) is 6.17. The van der Waals surface area contributed by atoms with Crippen molar-refractivity contribution in [1.82, 2.24) is 14.5 Å². The van der Waals surface area contributed by atoms with Crippen LogP contribution in [0.15, 0.2) is 35.2 Å². The SMILES string of the molecule is COc1cc(S(=O)(=O)N(C)[C@H](c2ccc(Cl)cc2)C(F)(F)F)c(OC)nn1. The van der Waals surface area contributed by atoms with Gasteiger partial charge in [-0.25, -0.2) is 8.42 Å². The number of nitrogens with zero attached hydrogens (tertiary/aromatic N) is 3. The number of ether oxygens (including phenoxy) is 2. The predicted octanol–water partition coefficient (Wildman–Crippen LogP) is 3.07. The Morgan fingerprint density at radius 3 is 2.19 bits per heavy atom. The van der Waals surface area contributed by atoms with Crippen LogP contribution in [0.1, 0.15) is 11.6 Å². The maximum absolute atomic E-state index is 13.7. The van der Waals surface area contributed by atoms with Crippen LogP contribution in [0.5, 0.6) is 11.8 Å². The lowest BCUT2D eigenvalue weighted by molar-refractivity contribution is -0.171. The summed E-state index contributed by atoms with van der Waals surface area (Å²) in [6, 6.07) is 3.18. The molecule has 2 rings (SSSR count). The van der Waals surface area contributed by atoms with Crippen LogP contribution in [0.4, 0.5) is 13.2 Å². The number of benzene rings is 1. The zero-order valence-electron chi connectivity index (χ0n) is 14.4. The maximum atomic E-state index is 13.7. The minimum atomic E-state index is -4.90. The van der Waals surface area contributed by atoms with Crippen molar-refractivity contribution in [3.05, 3.63) is 40.9 Å². The Morgan fingerprint density at radius 1 is 1.11 bits per heavy atom. The van der Waals surface area contributed by atoms with E-state index in [0.717, 1.165) is 32.4 Å². The molecule has 148 valence electrons. The van der Waals surface area contributed by atoms with Crippen LogP contribution >= 0.6 is 11.6 Å². The molecule has 0 amide bonds. The minimum Gasteiger partial charge on any atom is -0.480 e. The summed E-state index contributed by atoms with van der Waals surface area (Å²) in [5, 5.41) is 7.28.